The van der Waals surface area contributed by atoms with Gasteiger partial charge in [0.1, 0.15) is 5.75 Å². The van der Waals surface area contributed by atoms with E-state index in [1.807, 2.05) is 0 Å². The molecule has 2 rings (SSSR count). The second kappa shape index (κ2) is 6.33. The van der Waals surface area contributed by atoms with Gasteiger partial charge in [-0.1, -0.05) is 11.6 Å². The van der Waals surface area contributed by atoms with Crippen LogP contribution in [0.2, 0.25) is 5.02 Å². The van der Waals surface area contributed by atoms with Crippen LogP contribution in [0.3, 0.4) is 0 Å². The Hall–Kier alpha value is -2.15. The highest BCUT2D eigenvalue weighted by Crippen LogP contribution is 2.23. The lowest BCUT2D eigenvalue weighted by Crippen LogP contribution is -2.15. The number of nitrogens with zero attached hydrogens (tertiary/aromatic N) is 4. The number of esters is 1. The number of carbonyl (C=O) groups excluding carboxylic acids is 1. The van der Waals surface area contributed by atoms with Gasteiger partial charge < -0.3 is 9.47 Å². The summed E-state index contributed by atoms with van der Waals surface area (Å²) in [4.78, 5) is 11.7. The van der Waals surface area contributed by atoms with Crippen LogP contribution in [0.15, 0.2) is 18.2 Å². The maximum Gasteiger partial charge on any atom is 0.378 e. The molecule has 0 amide bonds. The average molecular weight is 297 g/mol. The van der Waals surface area contributed by atoms with E-state index in [9.17, 15) is 4.79 Å². The Morgan fingerprint density at radius 3 is 2.95 bits per heavy atom. The number of halogens is 1. The number of methoxy groups -OCH3 is 1. The van der Waals surface area contributed by atoms with Gasteiger partial charge in [0, 0.05) is 10.6 Å². The minimum absolute atomic E-state index is 0.0360. The number of carbonyl (C=O) groups is 1. The lowest BCUT2D eigenvalue weighted by Gasteiger charge is -2.09. The highest BCUT2D eigenvalue weighted by Gasteiger charge is 2.18. The van der Waals surface area contributed by atoms with Gasteiger partial charge in [-0.25, -0.2) is 9.48 Å². The SMILES string of the molecule is CCOC(=O)c1nnnn1Cc1cc(Cl)ccc1OC. The highest BCUT2D eigenvalue weighted by atomic mass is 35.5. The summed E-state index contributed by atoms with van der Waals surface area (Å²) in [6.07, 6.45) is 0. The Labute approximate surface area is 120 Å². The van der Waals surface area contributed by atoms with Crippen LogP contribution in [0.4, 0.5) is 0 Å². The Morgan fingerprint density at radius 1 is 1.45 bits per heavy atom. The molecule has 0 spiro atoms. The maximum atomic E-state index is 11.7. The Bertz CT molecular complexity index is 614. The number of aromatic nitrogens is 4. The molecule has 0 aliphatic carbocycles. The molecule has 0 saturated carbocycles. The van der Waals surface area contributed by atoms with Crippen molar-refractivity contribution in [1.82, 2.24) is 20.2 Å². The molecule has 8 heteroatoms. The number of hydrogen-bond acceptors (Lipinski definition) is 6. The first kappa shape index (κ1) is 14.3. The van der Waals surface area contributed by atoms with Gasteiger partial charge in [-0.2, -0.15) is 0 Å². The number of benzene rings is 1. The van der Waals surface area contributed by atoms with Crippen LogP contribution in [0.5, 0.6) is 5.75 Å². The summed E-state index contributed by atoms with van der Waals surface area (Å²) in [5, 5.41) is 11.5. The van der Waals surface area contributed by atoms with Crippen LogP contribution >= 0.6 is 11.6 Å². The number of rotatable bonds is 5. The molecule has 2 aromatic rings. The smallest absolute Gasteiger partial charge is 0.378 e. The van der Waals surface area contributed by atoms with Gasteiger partial charge in [0.2, 0.25) is 0 Å². The summed E-state index contributed by atoms with van der Waals surface area (Å²) in [5.74, 6) is 0.104. The van der Waals surface area contributed by atoms with Crippen molar-refractivity contribution < 1.29 is 14.3 Å². The fourth-order valence-corrected chi connectivity index (χ4v) is 1.88. The van der Waals surface area contributed by atoms with Crippen molar-refractivity contribution in [3.05, 3.63) is 34.6 Å². The first-order valence-corrected chi connectivity index (χ1v) is 6.29. The molecule has 0 N–H and O–H groups in total. The minimum Gasteiger partial charge on any atom is -0.496 e. The van der Waals surface area contributed by atoms with Crippen molar-refractivity contribution in [3.63, 3.8) is 0 Å². The molecule has 0 radical (unpaired) electrons. The second-order valence-electron chi connectivity index (χ2n) is 3.84. The van der Waals surface area contributed by atoms with E-state index in [4.69, 9.17) is 21.1 Å². The van der Waals surface area contributed by atoms with E-state index in [0.29, 0.717) is 10.8 Å². The summed E-state index contributed by atoms with van der Waals surface area (Å²) in [6.45, 7) is 2.23. The molecule has 0 aliphatic heterocycles. The van der Waals surface area contributed by atoms with Crippen molar-refractivity contribution in [1.29, 1.82) is 0 Å². The Balaban J connectivity index is 2.29. The summed E-state index contributed by atoms with van der Waals surface area (Å²) < 4.78 is 11.5. The first-order valence-electron chi connectivity index (χ1n) is 5.91. The van der Waals surface area contributed by atoms with Crippen molar-refractivity contribution in [2.75, 3.05) is 13.7 Å². The second-order valence-corrected chi connectivity index (χ2v) is 4.27. The predicted octanol–water partition coefficient (Wildman–Crippen LogP) is 1.56. The van der Waals surface area contributed by atoms with Gasteiger partial charge in [-0.3, -0.25) is 0 Å². The van der Waals surface area contributed by atoms with E-state index in [-0.39, 0.29) is 19.0 Å². The number of hydrogen-bond donors (Lipinski definition) is 0. The third-order valence-electron chi connectivity index (χ3n) is 2.55. The monoisotopic (exact) mass is 296 g/mol. The molecule has 0 fully saturated rings. The third kappa shape index (κ3) is 3.05. The third-order valence-corrected chi connectivity index (χ3v) is 2.79. The van der Waals surface area contributed by atoms with Crippen molar-refractivity contribution in [2.45, 2.75) is 13.5 Å². The van der Waals surface area contributed by atoms with Gasteiger partial charge in [-0.15, -0.1) is 5.10 Å². The van der Waals surface area contributed by atoms with Crippen LogP contribution in [-0.2, 0) is 11.3 Å². The van der Waals surface area contributed by atoms with Crippen LogP contribution in [-0.4, -0.2) is 39.9 Å². The van der Waals surface area contributed by atoms with E-state index in [2.05, 4.69) is 15.5 Å². The molecule has 0 saturated heterocycles. The molecule has 7 nitrogen and oxygen atoms in total. The lowest BCUT2D eigenvalue weighted by molar-refractivity contribution is 0.0505. The van der Waals surface area contributed by atoms with Crippen molar-refractivity contribution in [3.8, 4) is 5.75 Å². The molecule has 0 unspecified atom stereocenters. The van der Waals surface area contributed by atoms with Crippen LogP contribution in [0, 0.1) is 0 Å². The molecular weight excluding hydrogens is 284 g/mol. The topological polar surface area (TPSA) is 79.1 Å². The van der Waals surface area contributed by atoms with Gasteiger partial charge in [-0.05, 0) is 35.5 Å². The lowest BCUT2D eigenvalue weighted by atomic mass is 10.2. The van der Waals surface area contributed by atoms with E-state index < -0.39 is 5.97 Å². The predicted molar refractivity (Wildman–Crippen MR) is 70.9 cm³/mol. The van der Waals surface area contributed by atoms with Gasteiger partial charge in [0.25, 0.3) is 5.82 Å². The van der Waals surface area contributed by atoms with Gasteiger partial charge >= 0.3 is 5.97 Å². The minimum atomic E-state index is -0.571. The van der Waals surface area contributed by atoms with Crippen LogP contribution in [0.25, 0.3) is 0 Å². The fourth-order valence-electron chi connectivity index (χ4n) is 1.69. The first-order chi connectivity index (χ1) is 9.65. The Kier molecular flexibility index (Phi) is 4.52. The number of ether oxygens (including phenoxy) is 2. The highest BCUT2D eigenvalue weighted by molar-refractivity contribution is 6.30. The molecule has 20 heavy (non-hydrogen) atoms. The van der Waals surface area contributed by atoms with E-state index in [1.54, 1.807) is 32.2 Å². The van der Waals surface area contributed by atoms with Gasteiger partial charge in [0.05, 0.1) is 20.3 Å². The molecule has 1 aromatic heterocycles. The molecule has 106 valence electrons. The largest absolute Gasteiger partial charge is 0.496 e. The van der Waals surface area contributed by atoms with Crippen LogP contribution < -0.4 is 4.74 Å². The maximum absolute atomic E-state index is 11.7. The zero-order valence-corrected chi connectivity index (χ0v) is 11.8. The molecular formula is C12H13ClN4O3. The fraction of sp³-hybridized carbons (Fsp3) is 0.333. The molecule has 0 atom stereocenters. The average Bonchev–Trinajstić information content (AvgIpc) is 2.87. The van der Waals surface area contributed by atoms with E-state index >= 15 is 0 Å². The molecule has 0 bridgehead atoms. The quantitative estimate of drug-likeness (QED) is 0.779. The van der Waals surface area contributed by atoms with Crippen molar-refractivity contribution >= 4 is 17.6 Å². The van der Waals surface area contributed by atoms with E-state index in [1.165, 1.54) is 4.68 Å². The Morgan fingerprint density at radius 2 is 2.25 bits per heavy atom. The zero-order chi connectivity index (χ0) is 14.5. The molecule has 1 aromatic carbocycles. The summed E-state index contributed by atoms with van der Waals surface area (Å²) in [7, 11) is 1.55. The molecule has 0 aliphatic rings. The zero-order valence-electron chi connectivity index (χ0n) is 11.0. The summed E-state index contributed by atoms with van der Waals surface area (Å²) in [5.41, 5.74) is 0.762. The van der Waals surface area contributed by atoms with E-state index in [0.717, 1.165) is 5.56 Å². The summed E-state index contributed by atoms with van der Waals surface area (Å²) in [6, 6.07) is 5.19. The summed E-state index contributed by atoms with van der Waals surface area (Å²) >= 11 is 5.96. The van der Waals surface area contributed by atoms with Gasteiger partial charge in [0.15, 0.2) is 0 Å². The van der Waals surface area contributed by atoms with Crippen LogP contribution in [0.1, 0.15) is 23.1 Å². The van der Waals surface area contributed by atoms with Crippen molar-refractivity contribution in [2.24, 2.45) is 0 Å². The number of tetrazole rings is 1. The standard InChI is InChI=1S/C12H13ClN4O3/c1-3-20-12(18)11-14-15-16-17(11)7-8-6-9(13)4-5-10(8)19-2/h4-6H,3,7H2,1-2H3. The normalized spacial score (nSPS) is 10.3. The molecule has 1 heterocycles.